The Labute approximate surface area is 136 Å². The zero-order chi connectivity index (χ0) is 16.6. The fraction of sp³-hybridized carbons (Fsp3) is 0.714. The van der Waals surface area contributed by atoms with Crippen LogP contribution in [0, 0.1) is 11.8 Å². The lowest BCUT2D eigenvalue weighted by Gasteiger charge is -2.21. The molecule has 2 fully saturated rings. The normalized spacial score (nSPS) is 27.3. The fourth-order valence-corrected chi connectivity index (χ4v) is 3.73. The lowest BCUT2D eigenvalue weighted by Crippen LogP contribution is -2.33. The highest BCUT2D eigenvalue weighted by Crippen LogP contribution is 2.35. The molecule has 0 spiro atoms. The molecule has 9 heteroatoms. The van der Waals surface area contributed by atoms with E-state index in [2.05, 4.69) is 19.6 Å². The molecule has 3 rings (SSSR count). The van der Waals surface area contributed by atoms with Crippen molar-refractivity contribution in [2.24, 2.45) is 11.8 Å². The number of fused-ring (bicyclic) bond motifs is 1. The topological polar surface area (TPSA) is 87.7 Å². The second-order valence-electron chi connectivity index (χ2n) is 6.45. The van der Waals surface area contributed by atoms with Crippen LogP contribution >= 0.6 is 0 Å². The summed E-state index contributed by atoms with van der Waals surface area (Å²) in [6.45, 7) is 2.65. The molecule has 3 heterocycles. The molecule has 2 aliphatic heterocycles. The van der Waals surface area contributed by atoms with Gasteiger partial charge in [-0.25, -0.2) is 23.1 Å². The van der Waals surface area contributed by atoms with Crippen molar-refractivity contribution in [3.63, 3.8) is 0 Å². The Morgan fingerprint density at radius 1 is 1.39 bits per heavy atom. The molecule has 23 heavy (non-hydrogen) atoms. The second kappa shape index (κ2) is 6.21. The molecule has 1 aromatic heterocycles. The Hall–Kier alpha value is -1.45. The number of sulfonamides is 1. The first kappa shape index (κ1) is 16.4. The molecular formula is C14H23N5O3S. The van der Waals surface area contributed by atoms with Crippen LogP contribution in [0.2, 0.25) is 0 Å². The molecule has 0 unspecified atom stereocenters. The van der Waals surface area contributed by atoms with Crippen LogP contribution in [0.15, 0.2) is 12.4 Å². The van der Waals surface area contributed by atoms with Crippen LogP contribution in [0.4, 0.5) is 11.6 Å². The molecule has 2 saturated heterocycles. The summed E-state index contributed by atoms with van der Waals surface area (Å²) < 4.78 is 31.0. The summed E-state index contributed by atoms with van der Waals surface area (Å²) in [5.41, 5.74) is 0. The van der Waals surface area contributed by atoms with Crippen molar-refractivity contribution in [1.82, 2.24) is 14.7 Å². The van der Waals surface area contributed by atoms with Gasteiger partial charge in [-0.1, -0.05) is 0 Å². The Bertz CT molecular complexity index is 666. The molecule has 1 aromatic rings. The van der Waals surface area contributed by atoms with E-state index in [4.69, 9.17) is 4.74 Å². The maximum Gasteiger partial charge on any atom is 0.208 e. The molecule has 0 aromatic carbocycles. The third-order valence-corrected chi connectivity index (χ3v) is 5.16. The van der Waals surface area contributed by atoms with E-state index in [0.717, 1.165) is 24.7 Å². The van der Waals surface area contributed by atoms with Crippen LogP contribution in [0.3, 0.4) is 0 Å². The first-order valence-electron chi connectivity index (χ1n) is 7.64. The van der Waals surface area contributed by atoms with Crippen LogP contribution in [0.25, 0.3) is 0 Å². The zero-order valence-corrected chi connectivity index (χ0v) is 14.5. The van der Waals surface area contributed by atoms with Gasteiger partial charge >= 0.3 is 0 Å². The number of nitrogens with zero attached hydrogens (tertiary/aromatic N) is 4. The first-order chi connectivity index (χ1) is 10.8. The highest BCUT2D eigenvalue weighted by atomic mass is 32.2. The minimum atomic E-state index is -3.17. The van der Waals surface area contributed by atoms with Crippen LogP contribution in [0.1, 0.15) is 0 Å². The van der Waals surface area contributed by atoms with Crippen molar-refractivity contribution < 1.29 is 13.2 Å². The van der Waals surface area contributed by atoms with E-state index in [9.17, 15) is 8.42 Å². The van der Waals surface area contributed by atoms with Crippen molar-refractivity contribution >= 4 is 21.7 Å². The molecule has 0 bridgehead atoms. The van der Waals surface area contributed by atoms with Crippen molar-refractivity contribution in [1.29, 1.82) is 0 Å². The van der Waals surface area contributed by atoms with Gasteiger partial charge in [0, 0.05) is 51.6 Å². The summed E-state index contributed by atoms with van der Waals surface area (Å²) >= 11 is 0. The highest BCUT2D eigenvalue weighted by molar-refractivity contribution is 7.88. The minimum absolute atomic E-state index is 0.138. The number of hydrogen-bond donors (Lipinski definition) is 1. The quantitative estimate of drug-likeness (QED) is 0.775. The molecule has 0 amide bonds. The summed E-state index contributed by atoms with van der Waals surface area (Å²) in [5.74, 6) is 2.27. The molecule has 0 radical (unpaired) electrons. The Balaban J connectivity index is 1.67. The largest absolute Gasteiger partial charge is 0.376 e. The van der Waals surface area contributed by atoms with Gasteiger partial charge in [-0.05, 0) is 0 Å². The van der Waals surface area contributed by atoms with Gasteiger partial charge in [0.05, 0.1) is 19.0 Å². The molecule has 0 aliphatic carbocycles. The molecule has 2 aliphatic rings. The van der Waals surface area contributed by atoms with E-state index in [0.29, 0.717) is 19.1 Å². The zero-order valence-electron chi connectivity index (χ0n) is 13.6. The lowest BCUT2D eigenvalue weighted by atomic mass is 9.93. The average Bonchev–Trinajstić information content (AvgIpc) is 3.05. The maximum absolute atomic E-state index is 11.3. The minimum Gasteiger partial charge on any atom is -0.376 e. The number of aromatic nitrogens is 2. The Morgan fingerprint density at radius 2 is 2.17 bits per heavy atom. The van der Waals surface area contributed by atoms with E-state index in [-0.39, 0.29) is 12.0 Å². The van der Waals surface area contributed by atoms with Crippen molar-refractivity contribution in [3.8, 4) is 0 Å². The number of nitrogens with one attached hydrogen (secondary N) is 1. The van der Waals surface area contributed by atoms with Crippen molar-refractivity contribution in [3.05, 3.63) is 12.4 Å². The van der Waals surface area contributed by atoms with Gasteiger partial charge in [0.1, 0.15) is 18.0 Å². The van der Waals surface area contributed by atoms with Gasteiger partial charge in [-0.15, -0.1) is 0 Å². The number of ether oxygens (including phenoxy) is 1. The average molecular weight is 341 g/mol. The summed E-state index contributed by atoms with van der Waals surface area (Å²) in [6, 6.07) is 1.96. The molecule has 3 atom stereocenters. The van der Waals surface area contributed by atoms with E-state index < -0.39 is 10.0 Å². The predicted octanol–water partition coefficient (Wildman–Crippen LogP) is -0.457. The Morgan fingerprint density at radius 3 is 2.87 bits per heavy atom. The van der Waals surface area contributed by atoms with E-state index >= 15 is 0 Å². The van der Waals surface area contributed by atoms with Crippen molar-refractivity contribution in [2.75, 3.05) is 56.4 Å². The Kier molecular flexibility index (Phi) is 4.43. The lowest BCUT2D eigenvalue weighted by molar-refractivity contribution is 0.111. The van der Waals surface area contributed by atoms with E-state index in [1.54, 1.807) is 6.33 Å². The number of rotatable bonds is 5. The van der Waals surface area contributed by atoms with E-state index in [1.807, 2.05) is 25.1 Å². The summed E-state index contributed by atoms with van der Waals surface area (Å²) in [6.07, 6.45) is 2.90. The number of hydrogen-bond acceptors (Lipinski definition) is 7. The van der Waals surface area contributed by atoms with Gasteiger partial charge in [-0.2, -0.15) is 0 Å². The van der Waals surface area contributed by atoms with Gasteiger partial charge in [0.2, 0.25) is 10.0 Å². The van der Waals surface area contributed by atoms with Crippen LogP contribution in [-0.4, -0.2) is 71.1 Å². The summed E-state index contributed by atoms with van der Waals surface area (Å²) in [4.78, 5) is 12.7. The summed E-state index contributed by atoms with van der Waals surface area (Å²) in [7, 11) is 0.724. The van der Waals surface area contributed by atoms with Crippen LogP contribution in [0.5, 0.6) is 0 Å². The van der Waals surface area contributed by atoms with E-state index in [1.165, 1.54) is 6.26 Å². The number of anilines is 2. The van der Waals surface area contributed by atoms with Crippen LogP contribution < -0.4 is 14.5 Å². The summed E-state index contributed by atoms with van der Waals surface area (Å²) in [5, 5.41) is 0. The SMILES string of the molecule is CN(C)c1cc(N2C[C@@H]3[C@@H](CNS(C)(=O)=O)CO[C@@H]3C2)ncn1. The van der Waals surface area contributed by atoms with Gasteiger partial charge in [0.15, 0.2) is 0 Å². The maximum atomic E-state index is 11.3. The molecule has 0 saturated carbocycles. The fourth-order valence-electron chi connectivity index (χ4n) is 3.21. The molecule has 1 N–H and O–H groups in total. The predicted molar refractivity (Wildman–Crippen MR) is 88.1 cm³/mol. The van der Waals surface area contributed by atoms with Crippen LogP contribution in [-0.2, 0) is 14.8 Å². The molecule has 8 nitrogen and oxygen atoms in total. The molecular weight excluding hydrogens is 318 g/mol. The first-order valence-corrected chi connectivity index (χ1v) is 9.53. The monoisotopic (exact) mass is 341 g/mol. The standard InChI is InChI=1S/C14H23N5O3S/c1-18(2)13-4-14(16-9-15-13)19-6-11-10(5-17-23(3,20)21)8-22-12(11)7-19/h4,9-12,17H,5-8H2,1-3H3/t10-,11+,12+/m0/s1. The third kappa shape index (κ3) is 3.73. The highest BCUT2D eigenvalue weighted by Gasteiger charge is 2.44. The second-order valence-corrected chi connectivity index (χ2v) is 8.28. The molecule has 128 valence electrons. The third-order valence-electron chi connectivity index (χ3n) is 4.47. The van der Waals surface area contributed by atoms with Gasteiger partial charge < -0.3 is 14.5 Å². The smallest absolute Gasteiger partial charge is 0.208 e. The van der Waals surface area contributed by atoms with Crippen molar-refractivity contribution in [2.45, 2.75) is 6.10 Å². The van der Waals surface area contributed by atoms with Gasteiger partial charge in [-0.3, -0.25) is 0 Å². The van der Waals surface area contributed by atoms with Gasteiger partial charge in [0.25, 0.3) is 0 Å².